The van der Waals surface area contributed by atoms with E-state index in [2.05, 4.69) is 33.9 Å². The van der Waals surface area contributed by atoms with Crippen LogP contribution < -0.4 is 5.32 Å². The van der Waals surface area contributed by atoms with E-state index in [-0.39, 0.29) is 5.54 Å². The van der Waals surface area contributed by atoms with Gasteiger partial charge in [0, 0.05) is 6.04 Å². The lowest BCUT2D eigenvalue weighted by Crippen LogP contribution is -2.37. The lowest BCUT2D eigenvalue weighted by molar-refractivity contribution is 0.306. The van der Waals surface area contributed by atoms with Gasteiger partial charge in [0.2, 0.25) is 0 Å². The van der Waals surface area contributed by atoms with Crippen molar-refractivity contribution in [2.75, 3.05) is 6.54 Å². The standard InChI is InChI=1S/C14H24N4/c1-11-16-17-13(14(2)9-6-10-15-14)18(11)12-7-4-3-5-8-12/h12,15H,3-10H2,1-2H3. The Bertz CT molecular complexity index is 411. The summed E-state index contributed by atoms with van der Waals surface area (Å²) in [5.74, 6) is 2.26. The zero-order valence-corrected chi connectivity index (χ0v) is 11.6. The van der Waals surface area contributed by atoms with E-state index in [9.17, 15) is 0 Å². The SMILES string of the molecule is Cc1nnc(C2(C)CCCN2)n1C1CCCCC1. The Morgan fingerprint density at radius 2 is 1.94 bits per heavy atom. The lowest BCUT2D eigenvalue weighted by Gasteiger charge is -2.30. The van der Waals surface area contributed by atoms with Gasteiger partial charge in [0.25, 0.3) is 0 Å². The maximum absolute atomic E-state index is 4.50. The van der Waals surface area contributed by atoms with Crippen LogP contribution in [0.25, 0.3) is 0 Å². The molecular weight excluding hydrogens is 224 g/mol. The molecule has 1 atom stereocenters. The highest BCUT2D eigenvalue weighted by atomic mass is 15.3. The summed E-state index contributed by atoms with van der Waals surface area (Å²) in [7, 11) is 0. The summed E-state index contributed by atoms with van der Waals surface area (Å²) in [6, 6.07) is 0.628. The zero-order chi connectivity index (χ0) is 12.6. The van der Waals surface area contributed by atoms with E-state index in [0.29, 0.717) is 6.04 Å². The molecule has 0 bridgehead atoms. The average molecular weight is 248 g/mol. The third-order valence-corrected chi connectivity index (χ3v) is 4.67. The maximum Gasteiger partial charge on any atom is 0.153 e. The molecule has 1 unspecified atom stereocenters. The fraction of sp³-hybridized carbons (Fsp3) is 0.857. The third-order valence-electron chi connectivity index (χ3n) is 4.67. The van der Waals surface area contributed by atoms with Crippen LogP contribution in [0.1, 0.15) is 69.6 Å². The highest BCUT2D eigenvalue weighted by Gasteiger charge is 2.37. The molecule has 0 spiro atoms. The summed E-state index contributed by atoms with van der Waals surface area (Å²) >= 11 is 0. The number of nitrogens with one attached hydrogen (secondary N) is 1. The average Bonchev–Trinajstić information content (AvgIpc) is 2.98. The van der Waals surface area contributed by atoms with Crippen molar-refractivity contribution in [2.24, 2.45) is 0 Å². The highest BCUT2D eigenvalue weighted by molar-refractivity contribution is 5.11. The monoisotopic (exact) mass is 248 g/mol. The zero-order valence-electron chi connectivity index (χ0n) is 11.6. The van der Waals surface area contributed by atoms with Gasteiger partial charge in [-0.25, -0.2) is 0 Å². The van der Waals surface area contributed by atoms with Crippen molar-refractivity contribution in [3.63, 3.8) is 0 Å². The lowest BCUT2D eigenvalue weighted by atomic mass is 9.93. The number of nitrogens with zero attached hydrogens (tertiary/aromatic N) is 3. The van der Waals surface area contributed by atoms with E-state index in [1.807, 2.05) is 0 Å². The van der Waals surface area contributed by atoms with Crippen molar-refractivity contribution in [3.8, 4) is 0 Å². The van der Waals surface area contributed by atoms with E-state index < -0.39 is 0 Å². The van der Waals surface area contributed by atoms with E-state index in [1.165, 1.54) is 50.8 Å². The van der Waals surface area contributed by atoms with Crippen LogP contribution >= 0.6 is 0 Å². The summed E-state index contributed by atoms with van der Waals surface area (Å²) in [5, 5.41) is 12.5. The first-order valence-corrected chi connectivity index (χ1v) is 7.38. The number of rotatable bonds is 2. The minimum absolute atomic E-state index is 0.0404. The van der Waals surface area contributed by atoms with E-state index in [4.69, 9.17) is 0 Å². The molecule has 1 saturated heterocycles. The van der Waals surface area contributed by atoms with Gasteiger partial charge in [-0.2, -0.15) is 0 Å². The first-order chi connectivity index (χ1) is 8.71. The van der Waals surface area contributed by atoms with Crippen LogP contribution in [0.15, 0.2) is 0 Å². The summed E-state index contributed by atoms with van der Waals surface area (Å²) in [6.45, 7) is 5.49. The molecule has 1 aliphatic carbocycles. The summed E-state index contributed by atoms with van der Waals surface area (Å²) in [4.78, 5) is 0. The maximum atomic E-state index is 4.50. The minimum Gasteiger partial charge on any atom is -0.311 e. The predicted molar refractivity (Wildman–Crippen MR) is 71.5 cm³/mol. The third kappa shape index (κ3) is 1.96. The Labute approximate surface area is 109 Å². The van der Waals surface area contributed by atoms with Crippen LogP contribution in [-0.2, 0) is 5.54 Å². The first kappa shape index (κ1) is 12.2. The molecule has 0 radical (unpaired) electrons. The van der Waals surface area contributed by atoms with Crippen LogP contribution in [-0.4, -0.2) is 21.3 Å². The van der Waals surface area contributed by atoms with E-state index in [1.54, 1.807) is 0 Å². The van der Waals surface area contributed by atoms with E-state index >= 15 is 0 Å². The fourth-order valence-electron chi connectivity index (χ4n) is 3.61. The number of hydrogen-bond acceptors (Lipinski definition) is 3. The summed E-state index contributed by atoms with van der Waals surface area (Å²) in [6.07, 6.45) is 9.11. The molecule has 1 aromatic rings. The Morgan fingerprint density at radius 3 is 2.61 bits per heavy atom. The van der Waals surface area contributed by atoms with Crippen LogP contribution in [0.4, 0.5) is 0 Å². The first-order valence-electron chi connectivity index (χ1n) is 7.38. The molecule has 0 amide bonds. The van der Waals surface area contributed by atoms with Crippen molar-refractivity contribution in [3.05, 3.63) is 11.6 Å². The molecule has 4 nitrogen and oxygen atoms in total. The van der Waals surface area contributed by atoms with Crippen molar-refractivity contribution in [2.45, 2.75) is 70.4 Å². The quantitative estimate of drug-likeness (QED) is 0.875. The van der Waals surface area contributed by atoms with Crippen molar-refractivity contribution < 1.29 is 0 Å². The Kier molecular flexibility index (Phi) is 3.14. The Balaban J connectivity index is 1.95. The molecule has 100 valence electrons. The van der Waals surface area contributed by atoms with Crippen molar-refractivity contribution in [1.82, 2.24) is 20.1 Å². The van der Waals surface area contributed by atoms with Gasteiger partial charge in [-0.1, -0.05) is 19.3 Å². The second kappa shape index (κ2) is 4.65. The van der Waals surface area contributed by atoms with Crippen LogP contribution in [0.2, 0.25) is 0 Å². The van der Waals surface area contributed by atoms with Gasteiger partial charge in [-0.05, 0) is 46.1 Å². The predicted octanol–water partition coefficient (Wildman–Crippen LogP) is 2.69. The second-order valence-electron chi connectivity index (χ2n) is 6.10. The van der Waals surface area contributed by atoms with Gasteiger partial charge in [0.05, 0.1) is 5.54 Å². The van der Waals surface area contributed by atoms with Gasteiger partial charge in [0.1, 0.15) is 5.82 Å². The fourth-order valence-corrected chi connectivity index (χ4v) is 3.61. The van der Waals surface area contributed by atoms with Gasteiger partial charge in [-0.3, -0.25) is 0 Å². The van der Waals surface area contributed by atoms with Crippen LogP contribution in [0, 0.1) is 6.92 Å². The number of aryl methyl sites for hydroxylation is 1. The molecule has 1 N–H and O–H groups in total. The Hall–Kier alpha value is -0.900. The molecule has 2 fully saturated rings. The molecule has 4 heteroatoms. The molecule has 18 heavy (non-hydrogen) atoms. The summed E-state index contributed by atoms with van der Waals surface area (Å²) in [5.41, 5.74) is 0.0404. The number of hydrogen-bond donors (Lipinski definition) is 1. The normalized spacial score (nSPS) is 29.9. The van der Waals surface area contributed by atoms with Crippen molar-refractivity contribution >= 4 is 0 Å². The van der Waals surface area contributed by atoms with Gasteiger partial charge < -0.3 is 9.88 Å². The Morgan fingerprint density at radius 1 is 1.17 bits per heavy atom. The number of aromatic nitrogens is 3. The molecule has 1 aliphatic heterocycles. The smallest absolute Gasteiger partial charge is 0.153 e. The molecular formula is C14H24N4. The van der Waals surface area contributed by atoms with Gasteiger partial charge >= 0.3 is 0 Å². The highest BCUT2D eigenvalue weighted by Crippen LogP contribution is 2.35. The van der Waals surface area contributed by atoms with Gasteiger partial charge in [0.15, 0.2) is 5.82 Å². The topological polar surface area (TPSA) is 42.7 Å². The largest absolute Gasteiger partial charge is 0.311 e. The van der Waals surface area contributed by atoms with Gasteiger partial charge in [-0.15, -0.1) is 10.2 Å². The molecule has 2 heterocycles. The molecule has 0 aromatic carbocycles. The van der Waals surface area contributed by atoms with Crippen molar-refractivity contribution in [1.29, 1.82) is 0 Å². The molecule has 1 saturated carbocycles. The van der Waals surface area contributed by atoms with Crippen LogP contribution in [0.3, 0.4) is 0 Å². The van der Waals surface area contributed by atoms with Crippen LogP contribution in [0.5, 0.6) is 0 Å². The molecule has 3 rings (SSSR count). The molecule has 1 aromatic heterocycles. The second-order valence-corrected chi connectivity index (χ2v) is 6.10. The minimum atomic E-state index is 0.0404. The molecule has 2 aliphatic rings. The summed E-state index contributed by atoms with van der Waals surface area (Å²) < 4.78 is 2.43. The van der Waals surface area contributed by atoms with E-state index in [0.717, 1.165) is 12.4 Å².